The maximum atomic E-state index is 12.9. The molecule has 94 valence electrons. The van der Waals surface area contributed by atoms with Gasteiger partial charge < -0.3 is 9.67 Å². The van der Waals surface area contributed by atoms with Crippen molar-refractivity contribution in [1.82, 2.24) is 4.57 Å². The minimum Gasteiger partial charge on any atom is -0.478 e. The van der Waals surface area contributed by atoms with Crippen LogP contribution in [0, 0.1) is 5.82 Å². The molecule has 0 aliphatic heterocycles. The molecule has 0 aliphatic carbocycles. The molecule has 1 heterocycles. The van der Waals surface area contributed by atoms with Gasteiger partial charge in [0.2, 0.25) is 0 Å². The van der Waals surface area contributed by atoms with Crippen molar-refractivity contribution in [2.75, 3.05) is 0 Å². The van der Waals surface area contributed by atoms with E-state index in [-0.39, 0.29) is 11.4 Å². The summed E-state index contributed by atoms with van der Waals surface area (Å²) in [6.45, 7) is 0. The van der Waals surface area contributed by atoms with Crippen LogP contribution < -0.4 is 0 Å². The molecule has 3 nitrogen and oxygen atoms in total. The van der Waals surface area contributed by atoms with Crippen LogP contribution in [-0.4, -0.2) is 15.6 Å². The fourth-order valence-corrected chi connectivity index (χ4v) is 2.18. The maximum Gasteiger partial charge on any atom is 0.336 e. The summed E-state index contributed by atoms with van der Waals surface area (Å²) in [5, 5.41) is 9.81. The zero-order valence-corrected chi connectivity index (χ0v) is 9.88. The van der Waals surface area contributed by atoms with Gasteiger partial charge in [-0.1, -0.05) is 6.07 Å². The Balaban J connectivity index is 2.24. The molecular formula is C15H10FNO2. The third kappa shape index (κ3) is 1.87. The Morgan fingerprint density at radius 1 is 1.05 bits per heavy atom. The highest BCUT2D eigenvalue weighted by Gasteiger charge is 2.11. The van der Waals surface area contributed by atoms with Crippen molar-refractivity contribution in [3.05, 3.63) is 66.1 Å². The lowest BCUT2D eigenvalue weighted by molar-refractivity contribution is 0.0699. The second-order valence-corrected chi connectivity index (χ2v) is 4.21. The van der Waals surface area contributed by atoms with E-state index < -0.39 is 5.97 Å². The molecular weight excluding hydrogens is 245 g/mol. The lowest BCUT2D eigenvalue weighted by atomic mass is 10.1. The molecule has 0 unspecified atom stereocenters. The monoisotopic (exact) mass is 255 g/mol. The molecule has 19 heavy (non-hydrogen) atoms. The van der Waals surface area contributed by atoms with Gasteiger partial charge in [0.1, 0.15) is 5.82 Å². The molecule has 4 heteroatoms. The van der Waals surface area contributed by atoms with Gasteiger partial charge in [0, 0.05) is 17.3 Å². The van der Waals surface area contributed by atoms with Crippen LogP contribution in [0.2, 0.25) is 0 Å². The smallest absolute Gasteiger partial charge is 0.336 e. The summed E-state index contributed by atoms with van der Waals surface area (Å²) in [5.41, 5.74) is 1.84. The first-order valence-corrected chi connectivity index (χ1v) is 5.76. The minimum absolute atomic E-state index is 0.262. The lowest BCUT2D eigenvalue weighted by Gasteiger charge is -2.06. The molecule has 3 rings (SSSR count). The van der Waals surface area contributed by atoms with Gasteiger partial charge in [-0.3, -0.25) is 0 Å². The first-order valence-electron chi connectivity index (χ1n) is 5.76. The van der Waals surface area contributed by atoms with Gasteiger partial charge >= 0.3 is 5.97 Å². The predicted molar refractivity (Wildman–Crippen MR) is 70.2 cm³/mol. The van der Waals surface area contributed by atoms with Crippen LogP contribution in [0.5, 0.6) is 0 Å². The van der Waals surface area contributed by atoms with E-state index in [9.17, 15) is 9.18 Å². The summed E-state index contributed by atoms with van der Waals surface area (Å²) < 4.78 is 14.8. The number of hydrogen-bond acceptors (Lipinski definition) is 1. The summed E-state index contributed by atoms with van der Waals surface area (Å²) in [7, 11) is 0. The normalized spacial score (nSPS) is 10.8. The first-order chi connectivity index (χ1) is 9.16. The Kier molecular flexibility index (Phi) is 2.56. The summed E-state index contributed by atoms with van der Waals surface area (Å²) in [5.74, 6) is -1.26. The second kappa shape index (κ2) is 4.24. The number of carboxylic acid groups (broad SMARTS) is 1. The molecule has 2 aromatic carbocycles. The summed E-state index contributed by atoms with van der Waals surface area (Å²) in [6, 6.07) is 12.9. The molecule has 0 saturated heterocycles. The van der Waals surface area contributed by atoms with Gasteiger partial charge in [-0.25, -0.2) is 9.18 Å². The lowest BCUT2D eigenvalue weighted by Crippen LogP contribution is -1.97. The Hall–Kier alpha value is -2.62. The fraction of sp³-hybridized carbons (Fsp3) is 0. The van der Waals surface area contributed by atoms with E-state index in [0.717, 1.165) is 11.2 Å². The average molecular weight is 255 g/mol. The van der Waals surface area contributed by atoms with Crippen LogP contribution in [0.3, 0.4) is 0 Å². The average Bonchev–Trinajstić information content (AvgIpc) is 2.83. The van der Waals surface area contributed by atoms with Gasteiger partial charge in [0.05, 0.1) is 11.1 Å². The van der Waals surface area contributed by atoms with Gasteiger partial charge in [-0.15, -0.1) is 0 Å². The summed E-state index contributed by atoms with van der Waals surface area (Å²) in [6.07, 6.45) is 1.78. The van der Waals surface area contributed by atoms with Gasteiger partial charge in [0.15, 0.2) is 0 Å². The largest absolute Gasteiger partial charge is 0.478 e. The SMILES string of the molecule is O=C(O)c1cccc2c1ccn2-c1ccc(F)cc1. The van der Waals surface area contributed by atoms with Crippen LogP contribution in [0.1, 0.15) is 10.4 Å². The first kappa shape index (κ1) is 11.5. The number of carbonyl (C=O) groups is 1. The standard InChI is InChI=1S/C15H10FNO2/c16-10-4-6-11(7-5-10)17-9-8-12-13(15(18)19)2-1-3-14(12)17/h1-9H,(H,18,19). The zero-order valence-electron chi connectivity index (χ0n) is 9.88. The number of halogens is 1. The number of carboxylic acids is 1. The summed E-state index contributed by atoms with van der Waals surface area (Å²) in [4.78, 5) is 11.1. The van der Waals surface area contributed by atoms with E-state index >= 15 is 0 Å². The third-order valence-corrected chi connectivity index (χ3v) is 3.07. The van der Waals surface area contributed by atoms with Gasteiger partial charge in [0.25, 0.3) is 0 Å². The number of aromatic nitrogens is 1. The molecule has 1 N–H and O–H groups in total. The Bertz CT molecular complexity index is 759. The van der Waals surface area contributed by atoms with Crippen molar-refractivity contribution < 1.29 is 14.3 Å². The zero-order chi connectivity index (χ0) is 13.4. The van der Waals surface area contributed by atoms with Crippen molar-refractivity contribution in [1.29, 1.82) is 0 Å². The number of hydrogen-bond donors (Lipinski definition) is 1. The third-order valence-electron chi connectivity index (χ3n) is 3.07. The Labute approximate surface area is 108 Å². The molecule has 0 radical (unpaired) electrons. The number of nitrogens with zero attached hydrogens (tertiary/aromatic N) is 1. The fourth-order valence-electron chi connectivity index (χ4n) is 2.18. The molecule has 0 spiro atoms. The highest BCUT2D eigenvalue weighted by atomic mass is 19.1. The molecule has 3 aromatic rings. The molecule has 0 fully saturated rings. The van der Waals surface area contributed by atoms with E-state index in [4.69, 9.17) is 5.11 Å². The van der Waals surface area contributed by atoms with E-state index in [1.165, 1.54) is 12.1 Å². The minimum atomic E-state index is -0.956. The molecule has 0 bridgehead atoms. The number of benzene rings is 2. The maximum absolute atomic E-state index is 12.9. The highest BCUT2D eigenvalue weighted by molar-refractivity contribution is 6.03. The Morgan fingerprint density at radius 3 is 2.47 bits per heavy atom. The predicted octanol–water partition coefficient (Wildman–Crippen LogP) is 3.47. The Morgan fingerprint density at radius 2 is 1.79 bits per heavy atom. The summed E-state index contributed by atoms with van der Waals surface area (Å²) >= 11 is 0. The molecule has 0 amide bonds. The molecule has 0 saturated carbocycles. The quantitative estimate of drug-likeness (QED) is 0.761. The number of fused-ring (bicyclic) bond motifs is 1. The van der Waals surface area contributed by atoms with E-state index in [2.05, 4.69) is 0 Å². The topological polar surface area (TPSA) is 42.2 Å². The number of rotatable bonds is 2. The second-order valence-electron chi connectivity index (χ2n) is 4.21. The van der Waals surface area contributed by atoms with Crippen molar-refractivity contribution in [2.24, 2.45) is 0 Å². The van der Waals surface area contributed by atoms with Crippen LogP contribution in [0.4, 0.5) is 4.39 Å². The van der Waals surface area contributed by atoms with Crippen LogP contribution in [0.25, 0.3) is 16.6 Å². The number of aromatic carboxylic acids is 1. The molecule has 0 aliphatic rings. The van der Waals surface area contributed by atoms with Crippen LogP contribution in [0.15, 0.2) is 54.7 Å². The molecule has 1 aromatic heterocycles. The van der Waals surface area contributed by atoms with Crippen molar-refractivity contribution in [2.45, 2.75) is 0 Å². The van der Waals surface area contributed by atoms with Crippen molar-refractivity contribution >= 4 is 16.9 Å². The van der Waals surface area contributed by atoms with Gasteiger partial charge in [-0.05, 0) is 42.5 Å². The van der Waals surface area contributed by atoms with E-state index in [0.29, 0.717) is 5.39 Å². The van der Waals surface area contributed by atoms with E-state index in [1.54, 1.807) is 36.5 Å². The van der Waals surface area contributed by atoms with Gasteiger partial charge in [-0.2, -0.15) is 0 Å². The van der Waals surface area contributed by atoms with Crippen molar-refractivity contribution in [3.63, 3.8) is 0 Å². The molecule has 0 atom stereocenters. The van der Waals surface area contributed by atoms with Crippen molar-refractivity contribution in [3.8, 4) is 5.69 Å². The highest BCUT2D eigenvalue weighted by Crippen LogP contribution is 2.23. The van der Waals surface area contributed by atoms with Crippen LogP contribution in [-0.2, 0) is 0 Å². The van der Waals surface area contributed by atoms with Crippen LogP contribution >= 0.6 is 0 Å². The van der Waals surface area contributed by atoms with E-state index in [1.807, 2.05) is 10.6 Å².